The van der Waals surface area contributed by atoms with E-state index in [-0.39, 0.29) is 17.8 Å². The lowest BCUT2D eigenvalue weighted by atomic mass is 10.0. The van der Waals surface area contributed by atoms with Crippen molar-refractivity contribution in [3.63, 3.8) is 0 Å². The minimum absolute atomic E-state index is 0.167. The molecule has 96 valence electrons. The van der Waals surface area contributed by atoms with E-state index in [1.54, 1.807) is 6.92 Å². The SMILES string of the molecule is Cc1cc(C(O)C(O)CN=[N+]=[N-])cc([N+](=O)[O-])c1. The van der Waals surface area contributed by atoms with Gasteiger partial charge in [-0.1, -0.05) is 11.2 Å². The van der Waals surface area contributed by atoms with E-state index in [1.165, 1.54) is 18.2 Å². The van der Waals surface area contributed by atoms with Gasteiger partial charge >= 0.3 is 0 Å². The standard InChI is InChI=1S/C10H12N4O4/c1-6-2-7(4-8(3-6)14(17)18)10(16)9(15)5-12-13-11/h2-4,9-10,15-16H,5H2,1H3. The number of benzene rings is 1. The summed E-state index contributed by atoms with van der Waals surface area (Å²) in [5.74, 6) is 0. The normalized spacial score (nSPS) is 13.5. The highest BCUT2D eigenvalue weighted by molar-refractivity contribution is 5.40. The molecule has 1 aromatic carbocycles. The van der Waals surface area contributed by atoms with E-state index in [0.717, 1.165) is 0 Å². The lowest BCUT2D eigenvalue weighted by molar-refractivity contribution is -0.385. The second-order valence-electron chi connectivity index (χ2n) is 3.78. The van der Waals surface area contributed by atoms with Crippen molar-refractivity contribution in [3.8, 4) is 0 Å². The molecule has 8 nitrogen and oxygen atoms in total. The summed E-state index contributed by atoms with van der Waals surface area (Å²) in [6, 6.07) is 4.06. The van der Waals surface area contributed by atoms with Crippen molar-refractivity contribution in [2.45, 2.75) is 19.1 Å². The molecule has 0 saturated heterocycles. The quantitative estimate of drug-likeness (QED) is 0.270. The van der Waals surface area contributed by atoms with Crippen LogP contribution in [0, 0.1) is 17.0 Å². The number of rotatable bonds is 5. The minimum atomic E-state index is -1.34. The maximum Gasteiger partial charge on any atom is 0.270 e. The van der Waals surface area contributed by atoms with E-state index >= 15 is 0 Å². The summed E-state index contributed by atoms with van der Waals surface area (Å²) in [4.78, 5) is 12.5. The van der Waals surface area contributed by atoms with Gasteiger partial charge in [-0.25, -0.2) is 0 Å². The van der Waals surface area contributed by atoms with Crippen LogP contribution in [0.3, 0.4) is 0 Å². The number of aliphatic hydroxyl groups is 2. The third-order valence-corrected chi connectivity index (χ3v) is 2.33. The summed E-state index contributed by atoms with van der Waals surface area (Å²) in [7, 11) is 0. The molecule has 2 atom stereocenters. The Bertz CT molecular complexity index is 499. The van der Waals surface area contributed by atoms with Gasteiger partial charge in [0.25, 0.3) is 5.69 Å². The molecule has 0 aliphatic carbocycles. The molecule has 18 heavy (non-hydrogen) atoms. The van der Waals surface area contributed by atoms with Crippen molar-refractivity contribution in [1.82, 2.24) is 0 Å². The van der Waals surface area contributed by atoms with Crippen molar-refractivity contribution in [3.05, 3.63) is 49.9 Å². The number of azide groups is 1. The van der Waals surface area contributed by atoms with Crippen LogP contribution in [0.4, 0.5) is 5.69 Å². The number of hydrogen-bond donors (Lipinski definition) is 2. The fourth-order valence-corrected chi connectivity index (χ4v) is 1.51. The Morgan fingerprint density at radius 1 is 1.50 bits per heavy atom. The molecule has 0 spiro atoms. The molecule has 2 unspecified atom stereocenters. The number of aryl methyl sites for hydroxylation is 1. The number of aliphatic hydroxyl groups excluding tert-OH is 2. The Morgan fingerprint density at radius 2 is 2.17 bits per heavy atom. The molecule has 0 fully saturated rings. The highest BCUT2D eigenvalue weighted by Gasteiger charge is 2.20. The number of non-ortho nitro benzene ring substituents is 1. The second kappa shape index (κ2) is 5.97. The molecule has 0 saturated carbocycles. The van der Waals surface area contributed by atoms with Crippen molar-refractivity contribution in [1.29, 1.82) is 0 Å². The molecular formula is C10H12N4O4. The van der Waals surface area contributed by atoms with Gasteiger partial charge in [0.15, 0.2) is 0 Å². The van der Waals surface area contributed by atoms with Crippen molar-refractivity contribution in [2.75, 3.05) is 6.54 Å². The zero-order valence-corrected chi connectivity index (χ0v) is 9.59. The Morgan fingerprint density at radius 3 is 2.72 bits per heavy atom. The molecular weight excluding hydrogens is 240 g/mol. The van der Waals surface area contributed by atoms with Gasteiger partial charge in [-0.2, -0.15) is 0 Å². The van der Waals surface area contributed by atoms with Crippen LogP contribution >= 0.6 is 0 Å². The monoisotopic (exact) mass is 252 g/mol. The predicted molar refractivity (Wildman–Crippen MR) is 62.8 cm³/mol. The fraction of sp³-hybridized carbons (Fsp3) is 0.400. The van der Waals surface area contributed by atoms with E-state index in [1.807, 2.05) is 0 Å². The molecule has 0 amide bonds. The van der Waals surface area contributed by atoms with Crippen molar-refractivity contribution in [2.24, 2.45) is 5.11 Å². The van der Waals surface area contributed by atoms with Gasteiger partial charge in [-0.05, 0) is 23.6 Å². The summed E-state index contributed by atoms with van der Waals surface area (Å²) in [6.07, 6.45) is -2.64. The van der Waals surface area contributed by atoms with Gasteiger partial charge in [0.1, 0.15) is 6.10 Å². The molecule has 0 aliphatic heterocycles. The molecule has 0 radical (unpaired) electrons. The highest BCUT2D eigenvalue weighted by Crippen LogP contribution is 2.24. The van der Waals surface area contributed by atoms with Gasteiger partial charge in [-0.15, -0.1) is 0 Å². The second-order valence-corrected chi connectivity index (χ2v) is 3.78. The smallest absolute Gasteiger partial charge is 0.270 e. The average molecular weight is 252 g/mol. The lowest BCUT2D eigenvalue weighted by Gasteiger charge is -2.16. The van der Waals surface area contributed by atoms with Crippen molar-refractivity contribution >= 4 is 5.69 Å². The Kier molecular flexibility index (Phi) is 4.61. The number of nitro benzene ring substituents is 1. The highest BCUT2D eigenvalue weighted by atomic mass is 16.6. The molecule has 0 bridgehead atoms. The van der Waals surface area contributed by atoms with Gasteiger partial charge < -0.3 is 10.2 Å². The number of nitro groups is 1. The van der Waals surface area contributed by atoms with E-state index < -0.39 is 17.1 Å². The first kappa shape index (κ1) is 13.9. The summed E-state index contributed by atoms with van der Waals surface area (Å²) in [5.41, 5.74) is 8.74. The average Bonchev–Trinajstić information content (AvgIpc) is 2.34. The predicted octanol–water partition coefficient (Wildman–Crippen LogP) is 1.61. The Hall–Kier alpha value is -2.15. The fourth-order valence-electron chi connectivity index (χ4n) is 1.51. The molecule has 1 aromatic rings. The third-order valence-electron chi connectivity index (χ3n) is 2.33. The maximum atomic E-state index is 10.7. The van der Waals surface area contributed by atoms with E-state index in [9.17, 15) is 20.3 Å². The maximum absolute atomic E-state index is 10.7. The van der Waals surface area contributed by atoms with Gasteiger partial charge in [0.2, 0.25) is 0 Å². The van der Waals surface area contributed by atoms with Crippen LogP contribution in [-0.4, -0.2) is 27.8 Å². The first-order valence-electron chi connectivity index (χ1n) is 5.08. The largest absolute Gasteiger partial charge is 0.390 e. The molecule has 0 aromatic heterocycles. The summed E-state index contributed by atoms with van der Waals surface area (Å²) in [5, 5.41) is 33.1. The summed E-state index contributed by atoms with van der Waals surface area (Å²) >= 11 is 0. The van der Waals surface area contributed by atoms with Gasteiger partial charge in [0.05, 0.1) is 17.6 Å². The number of hydrogen-bond acceptors (Lipinski definition) is 5. The van der Waals surface area contributed by atoms with Crippen molar-refractivity contribution < 1.29 is 15.1 Å². The van der Waals surface area contributed by atoms with Gasteiger partial charge in [0, 0.05) is 17.0 Å². The van der Waals surface area contributed by atoms with Crippen LogP contribution in [0.25, 0.3) is 10.4 Å². The zero-order chi connectivity index (χ0) is 13.7. The topological polar surface area (TPSA) is 132 Å². The first-order chi connectivity index (χ1) is 8.45. The third kappa shape index (κ3) is 3.42. The van der Waals surface area contributed by atoms with Crippen LogP contribution in [0.2, 0.25) is 0 Å². The Balaban J connectivity index is 3.01. The minimum Gasteiger partial charge on any atom is -0.390 e. The lowest BCUT2D eigenvalue weighted by Crippen LogP contribution is -2.21. The van der Waals surface area contributed by atoms with Crippen LogP contribution in [0.15, 0.2) is 23.3 Å². The Labute approximate surface area is 102 Å². The van der Waals surface area contributed by atoms with E-state index in [2.05, 4.69) is 10.0 Å². The summed E-state index contributed by atoms with van der Waals surface area (Å²) < 4.78 is 0. The van der Waals surface area contributed by atoms with Crippen LogP contribution in [0.5, 0.6) is 0 Å². The van der Waals surface area contributed by atoms with Gasteiger partial charge in [-0.3, -0.25) is 10.1 Å². The molecule has 1 rings (SSSR count). The molecule has 2 N–H and O–H groups in total. The molecule has 0 aliphatic rings. The molecule has 8 heteroatoms. The van der Waals surface area contributed by atoms with E-state index in [0.29, 0.717) is 5.56 Å². The number of nitrogens with zero attached hydrogens (tertiary/aromatic N) is 4. The van der Waals surface area contributed by atoms with E-state index in [4.69, 9.17) is 5.53 Å². The first-order valence-corrected chi connectivity index (χ1v) is 5.08. The zero-order valence-electron chi connectivity index (χ0n) is 9.59. The molecule has 0 heterocycles. The van der Waals surface area contributed by atoms with Crippen LogP contribution in [-0.2, 0) is 0 Å². The summed E-state index contributed by atoms with van der Waals surface area (Å²) in [6.45, 7) is 1.34. The van der Waals surface area contributed by atoms with Crippen LogP contribution in [0.1, 0.15) is 17.2 Å². The van der Waals surface area contributed by atoms with Crippen LogP contribution < -0.4 is 0 Å².